The summed E-state index contributed by atoms with van der Waals surface area (Å²) in [6.45, 7) is 2.38. The summed E-state index contributed by atoms with van der Waals surface area (Å²) in [6, 6.07) is 7.25. The molecule has 0 aliphatic carbocycles. The largest absolute Gasteiger partial charge is 0.506 e. The lowest BCUT2D eigenvalue weighted by molar-refractivity contribution is 0.468. The van der Waals surface area contributed by atoms with Crippen LogP contribution in [0.4, 0.5) is 5.69 Å². The maximum absolute atomic E-state index is 9.66. The summed E-state index contributed by atoms with van der Waals surface area (Å²) in [5.74, 6) is 0.275. The Bertz CT molecular complexity index is 334. The maximum atomic E-state index is 9.66. The number of nitrogens with two attached hydrogens (primary N) is 1. The van der Waals surface area contributed by atoms with Gasteiger partial charge in [-0.15, -0.1) is 0 Å². The van der Waals surface area contributed by atoms with Crippen LogP contribution < -0.4 is 16.4 Å². The first-order valence-electron chi connectivity index (χ1n) is 5.23. The van der Waals surface area contributed by atoms with Crippen molar-refractivity contribution in [3.63, 3.8) is 0 Å². The molecule has 1 aromatic rings. The van der Waals surface area contributed by atoms with E-state index in [0.717, 1.165) is 25.2 Å². The highest BCUT2D eigenvalue weighted by atomic mass is 16.3. The van der Waals surface area contributed by atoms with Gasteiger partial charge in [0.2, 0.25) is 0 Å². The van der Waals surface area contributed by atoms with Gasteiger partial charge < -0.3 is 21.5 Å². The molecule has 0 amide bonds. The molecule has 2 rings (SSSR count). The summed E-state index contributed by atoms with van der Waals surface area (Å²) in [4.78, 5) is 0. The molecule has 0 bridgehead atoms. The summed E-state index contributed by atoms with van der Waals surface area (Å²) in [5.41, 5.74) is 6.43. The van der Waals surface area contributed by atoms with Crippen LogP contribution >= 0.6 is 0 Å². The van der Waals surface area contributed by atoms with Crippen molar-refractivity contribution in [2.75, 3.05) is 25.0 Å². The summed E-state index contributed by atoms with van der Waals surface area (Å²) in [6.07, 6.45) is 0.984. The van der Waals surface area contributed by atoms with Crippen LogP contribution in [0.25, 0.3) is 0 Å². The molecule has 4 heteroatoms. The molecule has 0 aromatic heterocycles. The van der Waals surface area contributed by atoms with Crippen molar-refractivity contribution in [1.82, 2.24) is 5.32 Å². The van der Waals surface area contributed by atoms with Crippen LogP contribution in [-0.2, 0) is 0 Å². The van der Waals surface area contributed by atoms with Gasteiger partial charge in [0, 0.05) is 13.1 Å². The molecule has 1 aliphatic rings. The standard InChI is InChI=1S/C11H17N3O/c12-7-11(5-6-13-8-11)14-9-3-1-2-4-10(9)15/h1-4,13-15H,5-8,12H2. The van der Waals surface area contributed by atoms with Gasteiger partial charge in [0.1, 0.15) is 5.75 Å². The SMILES string of the molecule is NCC1(Nc2ccccc2O)CCNC1. The van der Waals surface area contributed by atoms with Crippen molar-refractivity contribution in [1.29, 1.82) is 0 Å². The highest BCUT2D eigenvalue weighted by Crippen LogP contribution is 2.27. The Balaban J connectivity index is 2.16. The molecular weight excluding hydrogens is 190 g/mol. The Morgan fingerprint density at radius 2 is 2.27 bits per heavy atom. The number of benzene rings is 1. The minimum absolute atomic E-state index is 0.112. The van der Waals surface area contributed by atoms with Gasteiger partial charge in [-0.25, -0.2) is 0 Å². The van der Waals surface area contributed by atoms with E-state index in [-0.39, 0.29) is 11.3 Å². The first-order valence-corrected chi connectivity index (χ1v) is 5.23. The molecule has 4 nitrogen and oxygen atoms in total. The van der Waals surface area contributed by atoms with E-state index in [4.69, 9.17) is 5.73 Å². The van der Waals surface area contributed by atoms with Crippen LogP contribution in [0, 0.1) is 0 Å². The Hall–Kier alpha value is -1.26. The Kier molecular flexibility index (Phi) is 2.79. The fourth-order valence-corrected chi connectivity index (χ4v) is 1.94. The quantitative estimate of drug-likeness (QED) is 0.545. The van der Waals surface area contributed by atoms with Gasteiger partial charge in [-0.2, -0.15) is 0 Å². The smallest absolute Gasteiger partial charge is 0.138 e. The van der Waals surface area contributed by atoms with E-state index in [1.165, 1.54) is 0 Å². The van der Waals surface area contributed by atoms with Gasteiger partial charge in [-0.3, -0.25) is 0 Å². The fraction of sp³-hybridized carbons (Fsp3) is 0.455. The number of nitrogens with one attached hydrogen (secondary N) is 2. The molecule has 82 valence electrons. The molecular formula is C11H17N3O. The predicted octanol–water partition coefficient (Wildman–Crippen LogP) is 0.495. The number of phenolic OH excluding ortho intramolecular Hbond substituents is 1. The highest BCUT2D eigenvalue weighted by Gasteiger charge is 2.32. The van der Waals surface area contributed by atoms with Gasteiger partial charge in [-0.05, 0) is 25.1 Å². The molecule has 0 spiro atoms. The molecule has 1 saturated heterocycles. The number of hydrogen-bond acceptors (Lipinski definition) is 4. The van der Waals surface area contributed by atoms with Gasteiger partial charge in [0.25, 0.3) is 0 Å². The average molecular weight is 207 g/mol. The van der Waals surface area contributed by atoms with E-state index < -0.39 is 0 Å². The number of phenols is 1. The van der Waals surface area contributed by atoms with Crippen molar-refractivity contribution in [2.24, 2.45) is 5.73 Å². The molecule has 1 fully saturated rings. The third-order valence-electron chi connectivity index (χ3n) is 2.94. The van der Waals surface area contributed by atoms with Crippen LogP contribution in [0.2, 0.25) is 0 Å². The Morgan fingerprint density at radius 3 is 2.87 bits per heavy atom. The lowest BCUT2D eigenvalue weighted by atomic mass is 9.98. The summed E-state index contributed by atoms with van der Waals surface area (Å²) < 4.78 is 0. The van der Waals surface area contributed by atoms with Crippen LogP contribution in [0.3, 0.4) is 0 Å². The molecule has 1 aromatic carbocycles. The highest BCUT2D eigenvalue weighted by molar-refractivity contribution is 5.57. The Labute approximate surface area is 89.5 Å². The van der Waals surface area contributed by atoms with Crippen LogP contribution in [-0.4, -0.2) is 30.3 Å². The second-order valence-electron chi connectivity index (χ2n) is 4.05. The van der Waals surface area contributed by atoms with Crippen molar-refractivity contribution in [2.45, 2.75) is 12.0 Å². The molecule has 1 unspecified atom stereocenters. The van der Waals surface area contributed by atoms with E-state index >= 15 is 0 Å². The lowest BCUT2D eigenvalue weighted by Crippen LogP contribution is -2.47. The van der Waals surface area contributed by atoms with Gasteiger partial charge >= 0.3 is 0 Å². The predicted molar refractivity (Wildman–Crippen MR) is 61.0 cm³/mol. The third kappa shape index (κ3) is 2.06. The zero-order valence-corrected chi connectivity index (χ0v) is 8.66. The Morgan fingerprint density at radius 1 is 1.47 bits per heavy atom. The van der Waals surface area contributed by atoms with Crippen molar-refractivity contribution in [3.05, 3.63) is 24.3 Å². The zero-order chi connectivity index (χ0) is 10.7. The van der Waals surface area contributed by atoms with Gasteiger partial charge in [0.05, 0.1) is 11.2 Å². The summed E-state index contributed by atoms with van der Waals surface area (Å²) in [5, 5.41) is 16.3. The van der Waals surface area contributed by atoms with Gasteiger partial charge in [-0.1, -0.05) is 12.1 Å². The van der Waals surface area contributed by atoms with Crippen LogP contribution in [0.15, 0.2) is 24.3 Å². The first-order chi connectivity index (χ1) is 7.26. The second kappa shape index (κ2) is 4.08. The van der Waals surface area contributed by atoms with E-state index in [2.05, 4.69) is 10.6 Å². The minimum atomic E-state index is -0.112. The molecule has 1 atom stereocenters. The molecule has 15 heavy (non-hydrogen) atoms. The van der Waals surface area contributed by atoms with E-state index in [9.17, 15) is 5.11 Å². The average Bonchev–Trinajstić information content (AvgIpc) is 2.71. The zero-order valence-electron chi connectivity index (χ0n) is 8.66. The maximum Gasteiger partial charge on any atom is 0.138 e. The van der Waals surface area contributed by atoms with Crippen molar-refractivity contribution in [3.8, 4) is 5.75 Å². The topological polar surface area (TPSA) is 70.3 Å². The number of aromatic hydroxyl groups is 1. The molecule has 1 aliphatic heterocycles. The third-order valence-corrected chi connectivity index (χ3v) is 2.94. The van der Waals surface area contributed by atoms with Crippen LogP contribution in [0.1, 0.15) is 6.42 Å². The van der Waals surface area contributed by atoms with Crippen molar-refractivity contribution < 1.29 is 5.11 Å². The molecule has 0 radical (unpaired) electrons. The van der Waals surface area contributed by atoms with E-state index in [1.54, 1.807) is 6.07 Å². The monoisotopic (exact) mass is 207 g/mol. The molecule has 5 N–H and O–H groups in total. The number of anilines is 1. The van der Waals surface area contributed by atoms with E-state index in [0.29, 0.717) is 6.54 Å². The second-order valence-corrected chi connectivity index (χ2v) is 4.05. The minimum Gasteiger partial charge on any atom is -0.506 e. The molecule has 0 saturated carbocycles. The first kappa shape index (κ1) is 10.3. The number of rotatable bonds is 3. The number of hydrogen-bond donors (Lipinski definition) is 4. The summed E-state index contributed by atoms with van der Waals surface area (Å²) in [7, 11) is 0. The summed E-state index contributed by atoms with van der Waals surface area (Å²) >= 11 is 0. The lowest BCUT2D eigenvalue weighted by Gasteiger charge is -2.29. The fourth-order valence-electron chi connectivity index (χ4n) is 1.94. The van der Waals surface area contributed by atoms with Crippen molar-refractivity contribution >= 4 is 5.69 Å². The molecule has 1 heterocycles. The number of para-hydroxylation sites is 2. The van der Waals surface area contributed by atoms with E-state index in [1.807, 2.05) is 18.2 Å². The van der Waals surface area contributed by atoms with Gasteiger partial charge in [0.15, 0.2) is 0 Å². The normalized spacial score (nSPS) is 25.4. The van der Waals surface area contributed by atoms with Crippen LogP contribution in [0.5, 0.6) is 5.75 Å².